The lowest BCUT2D eigenvalue weighted by Gasteiger charge is -2.24. The van der Waals surface area contributed by atoms with E-state index in [4.69, 9.17) is 0 Å². The Balaban J connectivity index is 1.68. The van der Waals surface area contributed by atoms with E-state index < -0.39 is 0 Å². The van der Waals surface area contributed by atoms with Crippen LogP contribution in [0.25, 0.3) is 0 Å². The van der Waals surface area contributed by atoms with Gasteiger partial charge in [-0.15, -0.1) is 0 Å². The minimum atomic E-state index is -0.318. The maximum Gasteiger partial charge on any atom is 0.278 e. The van der Waals surface area contributed by atoms with Gasteiger partial charge in [-0.1, -0.05) is 30.3 Å². The number of carbonyl (C=O) groups is 2. The Morgan fingerprint density at radius 2 is 1.96 bits per heavy atom. The van der Waals surface area contributed by atoms with Crippen LogP contribution in [0.5, 0.6) is 5.75 Å². The fraction of sp³-hybridized carbons (Fsp3) is 0.389. The summed E-state index contributed by atoms with van der Waals surface area (Å²) in [5, 5.41) is 14.7. The van der Waals surface area contributed by atoms with Gasteiger partial charge >= 0.3 is 0 Å². The van der Waals surface area contributed by atoms with Crippen molar-refractivity contribution in [3.8, 4) is 5.75 Å². The molecule has 1 aromatic heterocycles. The molecule has 2 amide bonds. The van der Waals surface area contributed by atoms with Crippen LogP contribution in [-0.4, -0.2) is 56.6 Å². The number of hydrogen-bond donors (Lipinski definition) is 1. The van der Waals surface area contributed by atoms with E-state index in [1.807, 2.05) is 30.3 Å². The van der Waals surface area contributed by atoms with Crippen LogP contribution in [0, 0.1) is 0 Å². The molecule has 0 aliphatic carbocycles. The van der Waals surface area contributed by atoms with Crippen LogP contribution in [0.2, 0.25) is 0 Å². The highest BCUT2D eigenvalue weighted by Gasteiger charge is 2.37. The van der Waals surface area contributed by atoms with E-state index in [1.54, 1.807) is 11.9 Å². The number of nitrogens with zero attached hydrogens (tertiary/aromatic N) is 4. The number of hydrogen-bond acceptors (Lipinski definition) is 4. The Bertz CT molecular complexity index is 830. The molecule has 3 heterocycles. The van der Waals surface area contributed by atoms with E-state index in [9.17, 15) is 14.7 Å². The Kier molecular flexibility index (Phi) is 3.71. The predicted octanol–water partition coefficient (Wildman–Crippen LogP) is 1.65. The van der Waals surface area contributed by atoms with E-state index >= 15 is 0 Å². The van der Waals surface area contributed by atoms with Gasteiger partial charge in [-0.25, -0.2) is 0 Å². The number of likely N-dealkylation sites (N-methyl/N-ethyl adjacent to an activating group) is 1. The summed E-state index contributed by atoms with van der Waals surface area (Å²) in [5.74, 6) is -0.933. The van der Waals surface area contributed by atoms with Gasteiger partial charge in [0.2, 0.25) is 0 Å². The molecule has 0 bridgehead atoms. The zero-order chi connectivity index (χ0) is 17.6. The van der Waals surface area contributed by atoms with Gasteiger partial charge in [0.25, 0.3) is 11.8 Å². The summed E-state index contributed by atoms with van der Waals surface area (Å²) < 4.78 is 1.44. The zero-order valence-electron chi connectivity index (χ0n) is 14.1. The average molecular weight is 340 g/mol. The van der Waals surface area contributed by atoms with Crippen LogP contribution in [-0.2, 0) is 6.54 Å². The Morgan fingerprint density at radius 1 is 1.20 bits per heavy atom. The first-order valence-corrected chi connectivity index (χ1v) is 8.49. The van der Waals surface area contributed by atoms with Crippen LogP contribution < -0.4 is 0 Å². The molecule has 2 aliphatic rings. The van der Waals surface area contributed by atoms with Crippen molar-refractivity contribution in [2.45, 2.75) is 25.4 Å². The molecule has 1 saturated heterocycles. The first-order valence-electron chi connectivity index (χ1n) is 8.49. The number of fused-ring (bicyclic) bond motifs is 1. The summed E-state index contributed by atoms with van der Waals surface area (Å²) in [5.41, 5.74) is 1.15. The summed E-state index contributed by atoms with van der Waals surface area (Å²) in [4.78, 5) is 28.6. The lowest BCUT2D eigenvalue weighted by molar-refractivity contribution is 0.0720. The van der Waals surface area contributed by atoms with Crippen molar-refractivity contribution >= 4 is 11.8 Å². The number of aromatic nitrogens is 2. The van der Waals surface area contributed by atoms with Crippen LogP contribution in [0.3, 0.4) is 0 Å². The molecule has 0 spiro atoms. The number of benzene rings is 1. The third-order valence-electron chi connectivity index (χ3n) is 5.02. The molecule has 7 nitrogen and oxygen atoms in total. The highest BCUT2D eigenvalue weighted by Crippen LogP contribution is 2.35. The molecule has 2 aliphatic heterocycles. The first kappa shape index (κ1) is 15.7. The highest BCUT2D eigenvalue weighted by molar-refractivity contribution is 6.02. The lowest BCUT2D eigenvalue weighted by atomic mass is 10.0. The van der Waals surface area contributed by atoms with Gasteiger partial charge in [0.15, 0.2) is 17.1 Å². The average Bonchev–Trinajstić information content (AvgIpc) is 3.24. The SMILES string of the molecule is CN1CCn2nc(C(=O)N3CCCC3c3ccccc3)c(O)c2C1=O. The summed E-state index contributed by atoms with van der Waals surface area (Å²) in [7, 11) is 1.67. The van der Waals surface area contributed by atoms with Crippen LogP contribution >= 0.6 is 0 Å². The van der Waals surface area contributed by atoms with Crippen LogP contribution in [0.15, 0.2) is 30.3 Å². The van der Waals surface area contributed by atoms with Crippen molar-refractivity contribution in [2.75, 3.05) is 20.1 Å². The van der Waals surface area contributed by atoms with Gasteiger partial charge in [-0.2, -0.15) is 5.10 Å². The third-order valence-corrected chi connectivity index (χ3v) is 5.02. The molecule has 1 aromatic carbocycles. The van der Waals surface area contributed by atoms with Crippen molar-refractivity contribution in [2.24, 2.45) is 0 Å². The predicted molar refractivity (Wildman–Crippen MR) is 90.3 cm³/mol. The van der Waals surface area contributed by atoms with E-state index in [2.05, 4.69) is 5.10 Å². The highest BCUT2D eigenvalue weighted by atomic mass is 16.3. The Morgan fingerprint density at radius 3 is 2.72 bits per heavy atom. The Hall–Kier alpha value is -2.83. The quantitative estimate of drug-likeness (QED) is 0.902. The molecular weight excluding hydrogens is 320 g/mol. The molecule has 25 heavy (non-hydrogen) atoms. The maximum absolute atomic E-state index is 13.0. The van der Waals surface area contributed by atoms with Crippen molar-refractivity contribution in [1.29, 1.82) is 0 Å². The van der Waals surface area contributed by atoms with E-state index in [1.165, 1.54) is 9.58 Å². The number of amides is 2. The van der Waals surface area contributed by atoms with Crippen molar-refractivity contribution in [3.63, 3.8) is 0 Å². The molecule has 0 saturated carbocycles. The Labute approximate surface area is 145 Å². The largest absolute Gasteiger partial charge is 0.504 e. The van der Waals surface area contributed by atoms with E-state index in [0.717, 1.165) is 18.4 Å². The molecule has 1 fully saturated rings. The molecule has 4 rings (SSSR count). The second kappa shape index (κ2) is 5.91. The zero-order valence-corrected chi connectivity index (χ0v) is 14.1. The molecule has 2 aromatic rings. The number of carbonyl (C=O) groups excluding carboxylic acids is 2. The maximum atomic E-state index is 13.0. The van der Waals surface area contributed by atoms with E-state index in [-0.39, 0.29) is 35.0 Å². The van der Waals surface area contributed by atoms with Gasteiger partial charge < -0.3 is 14.9 Å². The fourth-order valence-electron chi connectivity index (χ4n) is 3.66. The van der Waals surface area contributed by atoms with Crippen molar-refractivity contribution in [1.82, 2.24) is 19.6 Å². The molecule has 0 radical (unpaired) electrons. The van der Waals surface area contributed by atoms with Crippen LogP contribution in [0.4, 0.5) is 0 Å². The minimum absolute atomic E-state index is 0.0230. The fourth-order valence-corrected chi connectivity index (χ4v) is 3.66. The first-order chi connectivity index (χ1) is 12.1. The monoisotopic (exact) mass is 340 g/mol. The lowest BCUT2D eigenvalue weighted by Crippen LogP contribution is -2.37. The topological polar surface area (TPSA) is 78.7 Å². The summed E-state index contributed by atoms with van der Waals surface area (Å²) >= 11 is 0. The van der Waals surface area contributed by atoms with Crippen molar-refractivity contribution in [3.05, 3.63) is 47.3 Å². The number of likely N-dealkylation sites (tertiary alicyclic amines) is 1. The molecule has 7 heteroatoms. The summed E-state index contributed by atoms with van der Waals surface area (Å²) in [6.45, 7) is 1.60. The van der Waals surface area contributed by atoms with Crippen LogP contribution in [0.1, 0.15) is 45.4 Å². The second-order valence-corrected chi connectivity index (χ2v) is 6.56. The normalized spacial score (nSPS) is 20.0. The molecule has 1 atom stereocenters. The number of aromatic hydroxyl groups is 1. The summed E-state index contributed by atoms with van der Waals surface area (Å²) in [6.07, 6.45) is 1.78. The van der Waals surface area contributed by atoms with Gasteiger partial charge in [0.1, 0.15) is 0 Å². The van der Waals surface area contributed by atoms with Gasteiger partial charge in [0, 0.05) is 20.1 Å². The summed E-state index contributed by atoms with van der Waals surface area (Å²) in [6, 6.07) is 9.85. The second-order valence-electron chi connectivity index (χ2n) is 6.56. The standard InChI is InChI=1S/C18H20N4O3/c1-20-10-11-22-15(18(20)25)16(23)14(19-22)17(24)21-9-5-8-13(21)12-6-3-2-4-7-12/h2-4,6-7,13,23H,5,8-11H2,1H3. The molecule has 130 valence electrons. The van der Waals surface area contributed by atoms with Gasteiger partial charge in [-0.05, 0) is 18.4 Å². The van der Waals surface area contributed by atoms with Gasteiger partial charge in [0.05, 0.1) is 12.6 Å². The molecule has 1 N–H and O–H groups in total. The third kappa shape index (κ3) is 2.47. The minimum Gasteiger partial charge on any atom is -0.504 e. The van der Waals surface area contributed by atoms with E-state index in [0.29, 0.717) is 19.6 Å². The molecule has 1 unspecified atom stereocenters. The smallest absolute Gasteiger partial charge is 0.278 e. The molecular formula is C18H20N4O3. The number of rotatable bonds is 2. The van der Waals surface area contributed by atoms with Gasteiger partial charge in [-0.3, -0.25) is 14.3 Å². The van der Waals surface area contributed by atoms with Crippen molar-refractivity contribution < 1.29 is 14.7 Å².